The van der Waals surface area contributed by atoms with Gasteiger partial charge in [-0.2, -0.15) is 0 Å². The van der Waals surface area contributed by atoms with E-state index < -0.39 is 5.60 Å². The van der Waals surface area contributed by atoms with Crippen molar-refractivity contribution in [3.63, 3.8) is 0 Å². The Morgan fingerprint density at radius 2 is 1.86 bits per heavy atom. The molecule has 1 atom stereocenters. The standard InChI is InChI=1S/C21H28N4O3/c1-16-14-24(20(26)28-21(2,3)4)12-13-25(16)18-10-11-19(23-22-18)27-15-17-8-6-5-7-9-17/h5-11,16H,12-15H2,1-4H3/t16-/m0/s1. The first-order valence-corrected chi connectivity index (χ1v) is 9.57. The lowest BCUT2D eigenvalue weighted by Crippen LogP contribution is -2.54. The Labute approximate surface area is 166 Å². The number of ether oxygens (including phenoxy) is 2. The maximum atomic E-state index is 12.3. The molecule has 28 heavy (non-hydrogen) atoms. The molecule has 3 rings (SSSR count). The van der Waals surface area contributed by atoms with Crippen LogP contribution in [0.2, 0.25) is 0 Å². The molecule has 0 aliphatic carbocycles. The van der Waals surface area contributed by atoms with E-state index in [4.69, 9.17) is 9.47 Å². The first-order valence-electron chi connectivity index (χ1n) is 9.57. The van der Waals surface area contributed by atoms with Gasteiger partial charge in [-0.25, -0.2) is 4.79 Å². The van der Waals surface area contributed by atoms with Crippen molar-refractivity contribution in [2.75, 3.05) is 24.5 Å². The van der Waals surface area contributed by atoms with Crippen LogP contribution < -0.4 is 9.64 Å². The molecular weight excluding hydrogens is 356 g/mol. The molecule has 0 saturated carbocycles. The van der Waals surface area contributed by atoms with E-state index in [-0.39, 0.29) is 12.1 Å². The molecular formula is C21H28N4O3. The molecule has 1 amide bonds. The molecule has 0 unspecified atom stereocenters. The number of nitrogens with zero attached hydrogens (tertiary/aromatic N) is 4. The largest absolute Gasteiger partial charge is 0.472 e. The Hall–Kier alpha value is -2.83. The molecule has 0 spiro atoms. The van der Waals surface area contributed by atoms with Gasteiger partial charge in [-0.3, -0.25) is 0 Å². The fourth-order valence-electron chi connectivity index (χ4n) is 3.06. The van der Waals surface area contributed by atoms with Crippen LogP contribution in [0.25, 0.3) is 0 Å². The molecule has 0 N–H and O–H groups in total. The summed E-state index contributed by atoms with van der Waals surface area (Å²) in [5.41, 5.74) is 0.596. The van der Waals surface area contributed by atoms with Crippen LogP contribution in [0.1, 0.15) is 33.3 Å². The second-order valence-electron chi connectivity index (χ2n) is 7.97. The fraction of sp³-hybridized carbons (Fsp3) is 0.476. The second kappa shape index (κ2) is 8.46. The van der Waals surface area contributed by atoms with Crippen LogP contribution in [-0.4, -0.2) is 52.5 Å². The number of piperazine rings is 1. The molecule has 0 radical (unpaired) electrons. The van der Waals surface area contributed by atoms with Crippen molar-refractivity contribution in [1.29, 1.82) is 0 Å². The van der Waals surface area contributed by atoms with E-state index in [9.17, 15) is 4.79 Å². The highest BCUT2D eigenvalue weighted by atomic mass is 16.6. The van der Waals surface area contributed by atoms with E-state index in [1.54, 1.807) is 4.90 Å². The summed E-state index contributed by atoms with van der Waals surface area (Å²) in [6.45, 7) is 10.0. The number of carbonyl (C=O) groups excluding carboxylic acids is 1. The predicted octanol–water partition coefficient (Wildman–Crippen LogP) is 3.50. The number of anilines is 1. The highest BCUT2D eigenvalue weighted by Gasteiger charge is 2.30. The lowest BCUT2D eigenvalue weighted by Gasteiger charge is -2.40. The minimum Gasteiger partial charge on any atom is -0.472 e. The Bertz CT molecular complexity index is 774. The van der Waals surface area contributed by atoms with Crippen molar-refractivity contribution in [1.82, 2.24) is 15.1 Å². The maximum Gasteiger partial charge on any atom is 0.410 e. The predicted molar refractivity (Wildman–Crippen MR) is 107 cm³/mol. The summed E-state index contributed by atoms with van der Waals surface area (Å²) < 4.78 is 11.2. The molecule has 2 heterocycles. The summed E-state index contributed by atoms with van der Waals surface area (Å²) in [4.78, 5) is 16.2. The normalized spacial score (nSPS) is 17.4. The van der Waals surface area contributed by atoms with Gasteiger partial charge in [0.25, 0.3) is 0 Å². The summed E-state index contributed by atoms with van der Waals surface area (Å²) in [5.74, 6) is 1.27. The van der Waals surface area contributed by atoms with Crippen molar-refractivity contribution in [3.05, 3.63) is 48.0 Å². The lowest BCUT2D eigenvalue weighted by atomic mass is 10.2. The van der Waals surface area contributed by atoms with Gasteiger partial charge in [0, 0.05) is 31.7 Å². The van der Waals surface area contributed by atoms with E-state index in [0.29, 0.717) is 32.1 Å². The van der Waals surface area contributed by atoms with Crippen LogP contribution in [0.3, 0.4) is 0 Å². The summed E-state index contributed by atoms with van der Waals surface area (Å²) in [5, 5.41) is 8.50. The van der Waals surface area contributed by atoms with Gasteiger partial charge in [-0.15, -0.1) is 10.2 Å². The number of benzene rings is 1. The van der Waals surface area contributed by atoms with Gasteiger partial charge in [-0.05, 0) is 39.3 Å². The van der Waals surface area contributed by atoms with Crippen LogP contribution >= 0.6 is 0 Å². The van der Waals surface area contributed by atoms with Gasteiger partial charge >= 0.3 is 6.09 Å². The van der Waals surface area contributed by atoms with Crippen molar-refractivity contribution in [2.45, 2.75) is 45.9 Å². The first-order chi connectivity index (χ1) is 13.3. The van der Waals surface area contributed by atoms with E-state index in [1.165, 1.54) is 0 Å². The van der Waals surface area contributed by atoms with E-state index in [2.05, 4.69) is 22.0 Å². The average Bonchev–Trinajstić information content (AvgIpc) is 2.66. The smallest absolute Gasteiger partial charge is 0.410 e. The van der Waals surface area contributed by atoms with Crippen molar-refractivity contribution in [3.8, 4) is 5.88 Å². The maximum absolute atomic E-state index is 12.3. The minimum absolute atomic E-state index is 0.117. The number of rotatable bonds is 4. The molecule has 150 valence electrons. The topological polar surface area (TPSA) is 67.8 Å². The third-order valence-corrected chi connectivity index (χ3v) is 4.43. The highest BCUT2D eigenvalue weighted by molar-refractivity contribution is 5.68. The summed E-state index contributed by atoms with van der Waals surface area (Å²) in [7, 11) is 0. The molecule has 7 heteroatoms. The average molecular weight is 384 g/mol. The van der Waals surface area contributed by atoms with Crippen LogP contribution in [-0.2, 0) is 11.3 Å². The fourth-order valence-corrected chi connectivity index (χ4v) is 3.06. The van der Waals surface area contributed by atoms with Crippen LogP contribution in [0.15, 0.2) is 42.5 Å². The molecule has 0 bridgehead atoms. The van der Waals surface area contributed by atoms with Gasteiger partial charge in [0.15, 0.2) is 5.82 Å². The van der Waals surface area contributed by atoms with Crippen LogP contribution in [0.5, 0.6) is 5.88 Å². The zero-order valence-electron chi connectivity index (χ0n) is 17.0. The molecule has 1 aliphatic rings. The molecule has 1 fully saturated rings. The molecule has 7 nitrogen and oxygen atoms in total. The van der Waals surface area contributed by atoms with Crippen LogP contribution in [0, 0.1) is 0 Å². The molecule has 1 aliphatic heterocycles. The third kappa shape index (κ3) is 5.34. The van der Waals surface area contributed by atoms with Gasteiger partial charge in [0.1, 0.15) is 12.2 Å². The van der Waals surface area contributed by atoms with Gasteiger partial charge in [-0.1, -0.05) is 30.3 Å². The van der Waals surface area contributed by atoms with Crippen molar-refractivity contribution >= 4 is 11.9 Å². The first kappa shape index (κ1) is 19.9. The van der Waals surface area contributed by atoms with Gasteiger partial charge in [0.2, 0.25) is 5.88 Å². The third-order valence-electron chi connectivity index (χ3n) is 4.43. The number of hydrogen-bond acceptors (Lipinski definition) is 6. The number of hydrogen-bond donors (Lipinski definition) is 0. The Morgan fingerprint density at radius 3 is 2.46 bits per heavy atom. The van der Waals surface area contributed by atoms with Crippen molar-refractivity contribution in [2.24, 2.45) is 0 Å². The monoisotopic (exact) mass is 384 g/mol. The van der Waals surface area contributed by atoms with E-state index >= 15 is 0 Å². The molecule has 1 aromatic heterocycles. The lowest BCUT2D eigenvalue weighted by molar-refractivity contribution is 0.0218. The summed E-state index contributed by atoms with van der Waals surface area (Å²) in [6, 6.07) is 13.8. The van der Waals surface area contributed by atoms with Crippen molar-refractivity contribution < 1.29 is 14.3 Å². The highest BCUT2D eigenvalue weighted by Crippen LogP contribution is 2.21. The van der Waals surface area contributed by atoms with E-state index in [1.807, 2.05) is 63.2 Å². The molecule has 2 aromatic rings. The number of amides is 1. The quantitative estimate of drug-likeness (QED) is 0.804. The van der Waals surface area contributed by atoms with Gasteiger partial charge < -0.3 is 19.3 Å². The molecule has 1 saturated heterocycles. The zero-order chi connectivity index (χ0) is 20.1. The van der Waals surface area contributed by atoms with Gasteiger partial charge in [0.05, 0.1) is 0 Å². The molecule has 1 aromatic carbocycles. The van der Waals surface area contributed by atoms with Crippen LogP contribution in [0.4, 0.5) is 10.6 Å². The number of aromatic nitrogens is 2. The Morgan fingerprint density at radius 1 is 1.11 bits per heavy atom. The Kier molecular flexibility index (Phi) is 6.02. The second-order valence-corrected chi connectivity index (χ2v) is 7.97. The zero-order valence-corrected chi connectivity index (χ0v) is 17.0. The number of carbonyl (C=O) groups is 1. The summed E-state index contributed by atoms with van der Waals surface area (Å²) >= 11 is 0. The minimum atomic E-state index is -0.488. The summed E-state index contributed by atoms with van der Waals surface area (Å²) in [6.07, 6.45) is -0.269. The SMILES string of the molecule is C[C@H]1CN(C(=O)OC(C)(C)C)CCN1c1ccc(OCc2ccccc2)nn1. The van der Waals surface area contributed by atoms with E-state index in [0.717, 1.165) is 11.4 Å². The Balaban J connectivity index is 1.55.